The van der Waals surface area contributed by atoms with Gasteiger partial charge in [-0.05, 0) is 36.4 Å². The molecule has 1 aromatic heterocycles. The number of methoxy groups -OCH3 is 1. The van der Waals surface area contributed by atoms with Crippen LogP contribution >= 0.6 is 0 Å². The molecule has 0 unspecified atom stereocenters. The first-order valence-corrected chi connectivity index (χ1v) is 6.72. The highest BCUT2D eigenvalue weighted by molar-refractivity contribution is 5.27. The lowest BCUT2D eigenvalue weighted by Gasteiger charge is -2.07. The normalized spacial score (nSPS) is 10.3. The fraction of sp³-hybridized carbons (Fsp3) is 0.312. The van der Waals surface area contributed by atoms with Gasteiger partial charge in [0.1, 0.15) is 11.5 Å². The molecule has 0 saturated heterocycles. The Morgan fingerprint density at radius 1 is 1.00 bits per heavy atom. The molecule has 0 radical (unpaired) electrons. The van der Waals surface area contributed by atoms with Gasteiger partial charge < -0.3 is 15.2 Å². The first kappa shape index (κ1) is 14.3. The standard InChI is InChI=1S/C16H20N2O2/c1-19-15-5-2-13(3-6-15)9-11-20-16-7-4-14(8-10-17)18-12-16/h2-7,12H,8-11,17H2,1H3. The van der Waals surface area contributed by atoms with Gasteiger partial charge in [-0.1, -0.05) is 12.1 Å². The van der Waals surface area contributed by atoms with Crippen LogP contribution in [0.2, 0.25) is 0 Å². The average Bonchev–Trinajstić information content (AvgIpc) is 2.50. The summed E-state index contributed by atoms with van der Waals surface area (Å²) in [5, 5.41) is 0. The van der Waals surface area contributed by atoms with E-state index in [1.54, 1.807) is 13.3 Å². The number of hydrogen-bond acceptors (Lipinski definition) is 4. The van der Waals surface area contributed by atoms with Crippen LogP contribution in [0, 0.1) is 0 Å². The molecule has 0 aliphatic carbocycles. The van der Waals surface area contributed by atoms with Crippen LogP contribution in [0.25, 0.3) is 0 Å². The molecule has 0 amide bonds. The maximum Gasteiger partial charge on any atom is 0.137 e. The van der Waals surface area contributed by atoms with Gasteiger partial charge >= 0.3 is 0 Å². The minimum absolute atomic E-state index is 0.616. The highest BCUT2D eigenvalue weighted by atomic mass is 16.5. The third-order valence-electron chi connectivity index (χ3n) is 3.02. The lowest BCUT2D eigenvalue weighted by Crippen LogP contribution is -2.05. The third-order valence-corrected chi connectivity index (χ3v) is 3.02. The van der Waals surface area contributed by atoms with E-state index in [1.165, 1.54) is 5.56 Å². The van der Waals surface area contributed by atoms with Crippen LogP contribution in [0.5, 0.6) is 11.5 Å². The molecular weight excluding hydrogens is 252 g/mol. The smallest absolute Gasteiger partial charge is 0.137 e. The molecule has 106 valence electrons. The predicted molar refractivity (Wildman–Crippen MR) is 79.2 cm³/mol. The zero-order valence-corrected chi connectivity index (χ0v) is 11.7. The molecule has 0 aliphatic heterocycles. The van der Waals surface area contributed by atoms with Gasteiger partial charge in [0, 0.05) is 18.5 Å². The van der Waals surface area contributed by atoms with Crippen LogP contribution in [-0.2, 0) is 12.8 Å². The van der Waals surface area contributed by atoms with Gasteiger partial charge in [0.2, 0.25) is 0 Å². The van der Waals surface area contributed by atoms with Crippen molar-refractivity contribution in [3.8, 4) is 11.5 Å². The zero-order chi connectivity index (χ0) is 14.2. The van der Waals surface area contributed by atoms with Crippen LogP contribution in [0.3, 0.4) is 0 Å². The van der Waals surface area contributed by atoms with Crippen molar-refractivity contribution in [3.05, 3.63) is 53.9 Å². The van der Waals surface area contributed by atoms with Crippen molar-refractivity contribution in [2.24, 2.45) is 5.73 Å². The van der Waals surface area contributed by atoms with Crippen LogP contribution in [-0.4, -0.2) is 25.2 Å². The van der Waals surface area contributed by atoms with Crippen LogP contribution in [0.15, 0.2) is 42.6 Å². The summed E-state index contributed by atoms with van der Waals surface area (Å²) in [5.41, 5.74) is 7.70. The first-order valence-electron chi connectivity index (χ1n) is 6.72. The highest BCUT2D eigenvalue weighted by Gasteiger charge is 1.98. The quantitative estimate of drug-likeness (QED) is 0.839. The summed E-state index contributed by atoms with van der Waals surface area (Å²) >= 11 is 0. The number of nitrogens with zero attached hydrogens (tertiary/aromatic N) is 1. The van der Waals surface area contributed by atoms with Crippen LogP contribution in [0.4, 0.5) is 0 Å². The average molecular weight is 272 g/mol. The van der Waals surface area contributed by atoms with Crippen LogP contribution < -0.4 is 15.2 Å². The second-order valence-corrected chi connectivity index (χ2v) is 4.47. The van der Waals surface area contributed by atoms with Gasteiger partial charge in [-0.3, -0.25) is 4.98 Å². The van der Waals surface area contributed by atoms with E-state index in [9.17, 15) is 0 Å². The summed E-state index contributed by atoms with van der Waals surface area (Å²) in [7, 11) is 1.67. The number of ether oxygens (including phenoxy) is 2. The highest BCUT2D eigenvalue weighted by Crippen LogP contribution is 2.13. The Hall–Kier alpha value is -2.07. The largest absolute Gasteiger partial charge is 0.497 e. The predicted octanol–water partition coefficient (Wildman–Crippen LogP) is 2.21. The molecule has 2 aromatic rings. The number of nitrogens with two attached hydrogens (primary N) is 1. The number of hydrogen-bond donors (Lipinski definition) is 1. The minimum Gasteiger partial charge on any atom is -0.497 e. The molecule has 0 fully saturated rings. The Balaban J connectivity index is 1.79. The maximum atomic E-state index is 5.67. The fourth-order valence-electron chi connectivity index (χ4n) is 1.87. The van der Waals surface area contributed by atoms with Crippen molar-refractivity contribution < 1.29 is 9.47 Å². The molecule has 0 bridgehead atoms. The lowest BCUT2D eigenvalue weighted by atomic mass is 10.1. The molecule has 0 aliphatic rings. The van der Waals surface area contributed by atoms with E-state index in [0.717, 1.165) is 30.0 Å². The lowest BCUT2D eigenvalue weighted by molar-refractivity contribution is 0.320. The number of benzene rings is 1. The second kappa shape index (κ2) is 7.50. The molecule has 1 aromatic carbocycles. The summed E-state index contributed by atoms with van der Waals surface area (Å²) in [6.45, 7) is 1.24. The minimum atomic E-state index is 0.616. The summed E-state index contributed by atoms with van der Waals surface area (Å²) in [5.74, 6) is 1.66. The molecule has 4 heteroatoms. The SMILES string of the molecule is COc1ccc(CCOc2ccc(CCN)nc2)cc1. The van der Waals surface area contributed by atoms with Crippen molar-refractivity contribution in [2.45, 2.75) is 12.8 Å². The van der Waals surface area contributed by atoms with Crippen molar-refractivity contribution >= 4 is 0 Å². The molecule has 20 heavy (non-hydrogen) atoms. The first-order chi connectivity index (χ1) is 9.81. The number of rotatable bonds is 7. The van der Waals surface area contributed by atoms with Gasteiger partial charge in [0.05, 0.1) is 19.9 Å². The van der Waals surface area contributed by atoms with E-state index >= 15 is 0 Å². The summed E-state index contributed by atoms with van der Waals surface area (Å²) < 4.78 is 10.8. The second-order valence-electron chi connectivity index (χ2n) is 4.47. The van der Waals surface area contributed by atoms with Crippen molar-refractivity contribution in [3.63, 3.8) is 0 Å². The number of pyridine rings is 1. The van der Waals surface area contributed by atoms with Gasteiger partial charge in [-0.25, -0.2) is 0 Å². The Bertz CT molecular complexity index is 509. The van der Waals surface area contributed by atoms with Gasteiger partial charge in [-0.2, -0.15) is 0 Å². The Morgan fingerprint density at radius 2 is 1.75 bits per heavy atom. The molecule has 1 heterocycles. The number of aromatic nitrogens is 1. The van der Waals surface area contributed by atoms with Gasteiger partial charge in [0.25, 0.3) is 0 Å². The Kier molecular flexibility index (Phi) is 5.38. The van der Waals surface area contributed by atoms with E-state index in [4.69, 9.17) is 15.2 Å². The molecule has 0 saturated carbocycles. The zero-order valence-electron chi connectivity index (χ0n) is 11.7. The van der Waals surface area contributed by atoms with E-state index < -0.39 is 0 Å². The Labute approximate surface area is 119 Å². The van der Waals surface area contributed by atoms with Crippen LogP contribution in [0.1, 0.15) is 11.3 Å². The van der Waals surface area contributed by atoms with E-state index in [2.05, 4.69) is 4.98 Å². The topological polar surface area (TPSA) is 57.4 Å². The summed E-state index contributed by atoms with van der Waals surface area (Å²) in [4.78, 5) is 4.30. The summed E-state index contributed by atoms with van der Waals surface area (Å²) in [6, 6.07) is 11.9. The van der Waals surface area contributed by atoms with Crippen molar-refractivity contribution in [2.75, 3.05) is 20.3 Å². The van der Waals surface area contributed by atoms with Crippen molar-refractivity contribution in [1.29, 1.82) is 0 Å². The molecular formula is C16H20N2O2. The maximum absolute atomic E-state index is 5.67. The molecule has 0 spiro atoms. The van der Waals surface area contributed by atoms with Gasteiger partial charge in [0.15, 0.2) is 0 Å². The third kappa shape index (κ3) is 4.24. The molecule has 2 rings (SSSR count). The molecule has 0 atom stereocenters. The van der Waals surface area contributed by atoms with Crippen molar-refractivity contribution in [1.82, 2.24) is 4.98 Å². The Morgan fingerprint density at radius 3 is 2.35 bits per heavy atom. The summed E-state index contributed by atoms with van der Waals surface area (Å²) in [6.07, 6.45) is 3.40. The molecule has 2 N–H and O–H groups in total. The van der Waals surface area contributed by atoms with E-state index in [1.807, 2.05) is 36.4 Å². The monoisotopic (exact) mass is 272 g/mol. The van der Waals surface area contributed by atoms with Gasteiger partial charge in [-0.15, -0.1) is 0 Å². The fourth-order valence-corrected chi connectivity index (χ4v) is 1.87. The van der Waals surface area contributed by atoms with E-state index in [-0.39, 0.29) is 0 Å². The molecule has 4 nitrogen and oxygen atoms in total. The van der Waals surface area contributed by atoms with E-state index in [0.29, 0.717) is 13.2 Å².